The Hall–Kier alpha value is -1.58. The van der Waals surface area contributed by atoms with Gasteiger partial charge in [-0.15, -0.1) is 0 Å². The van der Waals surface area contributed by atoms with E-state index >= 15 is 0 Å². The van der Waals surface area contributed by atoms with Crippen LogP contribution in [0.3, 0.4) is 0 Å². The predicted molar refractivity (Wildman–Crippen MR) is 81.5 cm³/mol. The molecule has 0 radical (unpaired) electrons. The van der Waals surface area contributed by atoms with Crippen molar-refractivity contribution in [3.05, 3.63) is 29.8 Å². The summed E-state index contributed by atoms with van der Waals surface area (Å²) in [7, 11) is -4.48. The summed E-state index contributed by atoms with van der Waals surface area (Å²) in [5, 5.41) is 0. The standard InChI is InChI=1S/C12H9F6IO6S/c1-7-2-4-8(5-3-7)26(22,23)6-19(24-9(20)11(13,14)15)25-10(21)12(16,17)18/h2-5H,6H2,1H3. The van der Waals surface area contributed by atoms with Gasteiger partial charge in [-0.2, -0.15) is 0 Å². The second-order valence-electron chi connectivity index (χ2n) is 4.54. The van der Waals surface area contributed by atoms with Crippen LogP contribution in [0, 0.1) is 6.92 Å². The Morgan fingerprint density at radius 2 is 1.31 bits per heavy atom. The van der Waals surface area contributed by atoms with Gasteiger partial charge in [-0.05, 0) is 0 Å². The zero-order chi connectivity index (χ0) is 20.3. The number of aryl methyl sites for hydroxylation is 1. The molecule has 0 amide bonds. The number of hydrogen-bond donors (Lipinski definition) is 0. The van der Waals surface area contributed by atoms with Crippen LogP contribution < -0.4 is 0 Å². The summed E-state index contributed by atoms with van der Waals surface area (Å²) in [6, 6.07) is 4.76. The first-order valence-electron chi connectivity index (χ1n) is 6.17. The molecule has 0 N–H and O–H groups in total. The summed E-state index contributed by atoms with van der Waals surface area (Å²) in [4.78, 5) is 21.1. The van der Waals surface area contributed by atoms with E-state index in [2.05, 4.69) is 6.13 Å². The third-order valence-electron chi connectivity index (χ3n) is 2.39. The third kappa shape index (κ3) is 6.62. The number of carbonyl (C=O) groups excluding carboxylic acids is 2. The van der Waals surface area contributed by atoms with E-state index in [4.69, 9.17) is 0 Å². The third-order valence-corrected chi connectivity index (χ3v) is 9.61. The van der Waals surface area contributed by atoms with E-state index in [0.29, 0.717) is 5.56 Å². The fourth-order valence-electron chi connectivity index (χ4n) is 1.23. The van der Waals surface area contributed by atoms with Crippen LogP contribution in [0.5, 0.6) is 0 Å². The van der Waals surface area contributed by atoms with E-state index in [1.165, 1.54) is 12.1 Å². The van der Waals surface area contributed by atoms with Crippen molar-refractivity contribution in [3.63, 3.8) is 0 Å². The summed E-state index contributed by atoms with van der Waals surface area (Å²) in [5.74, 6) is -5.89. The minimum atomic E-state index is -5.60. The van der Waals surface area contributed by atoms with Crippen molar-refractivity contribution < 1.29 is 50.5 Å². The zero-order valence-electron chi connectivity index (χ0n) is 12.5. The van der Waals surface area contributed by atoms with E-state index in [1.54, 1.807) is 6.92 Å². The summed E-state index contributed by atoms with van der Waals surface area (Å²) in [6.45, 7) is 1.60. The summed E-state index contributed by atoms with van der Waals surface area (Å²) in [6.07, 6.45) is -11.2. The average molecular weight is 522 g/mol. The maximum absolute atomic E-state index is 12.2. The molecule has 0 spiro atoms. The van der Waals surface area contributed by atoms with Crippen molar-refractivity contribution in [2.45, 2.75) is 24.2 Å². The fourth-order valence-corrected chi connectivity index (χ4v) is 7.56. The van der Waals surface area contributed by atoms with Crippen molar-refractivity contribution in [1.82, 2.24) is 0 Å². The number of alkyl halides is 7. The molecule has 0 heterocycles. The molecule has 0 aliphatic rings. The molecular formula is C12H9F6IO6S. The van der Waals surface area contributed by atoms with Crippen molar-refractivity contribution in [2.75, 3.05) is 3.76 Å². The monoisotopic (exact) mass is 522 g/mol. The number of rotatable bonds is 5. The summed E-state index contributed by atoms with van der Waals surface area (Å²) >= 11 is -4.79. The van der Waals surface area contributed by atoms with E-state index in [9.17, 15) is 44.3 Å². The van der Waals surface area contributed by atoms with Crippen molar-refractivity contribution in [2.24, 2.45) is 0 Å². The number of benzene rings is 1. The quantitative estimate of drug-likeness (QED) is 0.336. The predicted octanol–water partition coefficient (Wildman–Crippen LogP) is 3.27. The molecule has 0 atom stereocenters. The zero-order valence-corrected chi connectivity index (χ0v) is 15.5. The Morgan fingerprint density at radius 1 is 0.923 bits per heavy atom. The molecule has 0 fully saturated rings. The van der Waals surface area contributed by atoms with Crippen LogP contribution in [0.1, 0.15) is 5.56 Å². The van der Waals surface area contributed by atoms with Gasteiger partial charge in [0, 0.05) is 0 Å². The van der Waals surface area contributed by atoms with Crippen LogP contribution >= 0.6 is 20.6 Å². The molecule has 1 rings (SSSR count). The van der Waals surface area contributed by atoms with Gasteiger partial charge in [-0.25, -0.2) is 0 Å². The molecule has 0 aliphatic heterocycles. The minimum absolute atomic E-state index is 0.448. The van der Waals surface area contributed by atoms with Crippen molar-refractivity contribution in [1.29, 1.82) is 0 Å². The Balaban J connectivity index is 3.09. The maximum atomic E-state index is 12.2. The van der Waals surface area contributed by atoms with Gasteiger partial charge in [0.05, 0.1) is 0 Å². The average Bonchev–Trinajstić information content (AvgIpc) is 2.45. The molecule has 0 saturated heterocycles. The van der Waals surface area contributed by atoms with E-state index in [-0.39, 0.29) is 0 Å². The van der Waals surface area contributed by atoms with Crippen LogP contribution in [-0.2, 0) is 25.6 Å². The first-order valence-corrected chi connectivity index (χ1v) is 11.1. The van der Waals surface area contributed by atoms with Crippen LogP contribution in [0.2, 0.25) is 0 Å². The topological polar surface area (TPSA) is 86.7 Å². The molecule has 1 aromatic rings. The first-order chi connectivity index (χ1) is 11.6. The van der Waals surface area contributed by atoms with E-state index in [0.717, 1.165) is 12.1 Å². The van der Waals surface area contributed by atoms with Gasteiger partial charge < -0.3 is 0 Å². The molecule has 26 heavy (non-hydrogen) atoms. The second-order valence-corrected chi connectivity index (χ2v) is 10.8. The van der Waals surface area contributed by atoms with Gasteiger partial charge in [-0.3, -0.25) is 0 Å². The summed E-state index contributed by atoms with van der Waals surface area (Å²) < 4.78 is 104. The van der Waals surface area contributed by atoms with Crippen molar-refractivity contribution in [3.8, 4) is 0 Å². The first kappa shape index (κ1) is 22.5. The SMILES string of the molecule is Cc1ccc(S(=O)(=O)CI(OC(=O)C(F)(F)F)OC(=O)C(F)(F)F)cc1. The van der Waals surface area contributed by atoms with Gasteiger partial charge in [-0.1, -0.05) is 0 Å². The second kappa shape index (κ2) is 7.98. The Labute approximate surface area is 150 Å². The van der Waals surface area contributed by atoms with Gasteiger partial charge in [0.15, 0.2) is 0 Å². The number of sulfone groups is 1. The molecule has 14 heteroatoms. The Kier molecular flexibility index (Phi) is 6.89. The number of carbonyl (C=O) groups is 2. The fraction of sp³-hybridized carbons (Fsp3) is 0.333. The van der Waals surface area contributed by atoms with Crippen LogP contribution in [0.4, 0.5) is 26.3 Å². The molecule has 0 unspecified atom stereocenters. The number of halogens is 7. The molecule has 0 saturated carbocycles. The van der Waals surface area contributed by atoms with E-state index in [1.807, 2.05) is 0 Å². The molecule has 0 aromatic heterocycles. The van der Waals surface area contributed by atoms with Gasteiger partial charge in [0.25, 0.3) is 0 Å². The molecule has 0 bridgehead atoms. The normalized spacial score (nSPS) is 13.1. The summed E-state index contributed by atoms with van der Waals surface area (Å²) in [5.41, 5.74) is 0.631. The number of hydrogen-bond acceptors (Lipinski definition) is 6. The van der Waals surface area contributed by atoms with Gasteiger partial charge >= 0.3 is 151 Å². The molecule has 0 aliphatic carbocycles. The van der Waals surface area contributed by atoms with Crippen LogP contribution in [0.25, 0.3) is 0 Å². The van der Waals surface area contributed by atoms with Crippen LogP contribution in [-0.4, -0.2) is 36.5 Å². The Bertz CT molecular complexity index is 743. The van der Waals surface area contributed by atoms with Crippen LogP contribution in [0.15, 0.2) is 29.2 Å². The molecule has 1 aromatic carbocycles. The molecule has 6 nitrogen and oxygen atoms in total. The van der Waals surface area contributed by atoms with Crippen molar-refractivity contribution >= 4 is 42.4 Å². The van der Waals surface area contributed by atoms with Gasteiger partial charge in [0.1, 0.15) is 0 Å². The molecular weight excluding hydrogens is 513 g/mol. The van der Waals surface area contributed by atoms with Gasteiger partial charge in [0.2, 0.25) is 0 Å². The molecule has 148 valence electrons. The Morgan fingerprint density at radius 3 is 1.65 bits per heavy atom. The van der Waals surface area contributed by atoms with E-state index < -0.39 is 63.4 Å².